The zero-order valence-electron chi connectivity index (χ0n) is 5.13. The summed E-state index contributed by atoms with van der Waals surface area (Å²) in [5.74, 6) is 0.382. The minimum atomic E-state index is -0.181. The molecule has 3 fully saturated rings. The number of fused-ring (bicyclic) bond motifs is 1. The molecule has 0 radical (unpaired) electrons. The molecule has 1 atom stereocenters. The second-order valence-electron chi connectivity index (χ2n) is 2.98. The van der Waals surface area contributed by atoms with Crippen LogP contribution in [0.3, 0.4) is 0 Å². The van der Waals surface area contributed by atoms with E-state index >= 15 is 0 Å². The van der Waals surface area contributed by atoms with Gasteiger partial charge in [-0.15, -0.1) is 0 Å². The Hall–Kier alpha value is -0.570. The highest BCUT2D eigenvalue weighted by Gasteiger charge is 2.46. The molecule has 1 unspecified atom stereocenters. The zero-order valence-corrected chi connectivity index (χ0v) is 5.13. The summed E-state index contributed by atoms with van der Waals surface area (Å²) in [6.45, 7) is 0. The lowest BCUT2D eigenvalue weighted by atomic mass is 9.83. The van der Waals surface area contributed by atoms with Gasteiger partial charge < -0.3 is 11.1 Å². The third kappa shape index (κ3) is 0.580. The van der Waals surface area contributed by atoms with E-state index in [4.69, 9.17) is 5.73 Å². The van der Waals surface area contributed by atoms with Crippen LogP contribution in [-0.4, -0.2) is 18.0 Å². The smallest absolute Gasteiger partial charge is 0.234 e. The molecule has 2 saturated heterocycles. The van der Waals surface area contributed by atoms with Crippen molar-refractivity contribution in [3.8, 4) is 0 Å². The van der Waals surface area contributed by atoms with Crippen LogP contribution in [-0.2, 0) is 4.79 Å². The van der Waals surface area contributed by atoms with Crippen LogP contribution in [0.15, 0.2) is 0 Å². The van der Waals surface area contributed by atoms with Crippen LogP contribution in [0.4, 0.5) is 0 Å². The fourth-order valence-electron chi connectivity index (χ4n) is 1.77. The van der Waals surface area contributed by atoms with Crippen molar-refractivity contribution in [2.75, 3.05) is 0 Å². The Kier molecular flexibility index (Phi) is 0.858. The molecule has 2 heterocycles. The van der Waals surface area contributed by atoms with Crippen LogP contribution in [0.1, 0.15) is 12.8 Å². The summed E-state index contributed by atoms with van der Waals surface area (Å²) in [5.41, 5.74) is 5.11. The van der Waals surface area contributed by atoms with E-state index in [0.717, 1.165) is 12.8 Å². The van der Waals surface area contributed by atoms with Gasteiger partial charge in [0.1, 0.15) is 0 Å². The maximum Gasteiger partial charge on any atom is 0.234 e. The Morgan fingerprint density at radius 2 is 2.22 bits per heavy atom. The van der Waals surface area contributed by atoms with Gasteiger partial charge in [0.2, 0.25) is 5.91 Å². The molecule has 0 aromatic carbocycles. The van der Waals surface area contributed by atoms with Gasteiger partial charge in [-0.2, -0.15) is 0 Å². The monoisotopic (exact) mass is 126 g/mol. The van der Waals surface area contributed by atoms with Gasteiger partial charge in [-0.05, 0) is 18.8 Å². The molecule has 2 bridgehead atoms. The Balaban J connectivity index is 2.08. The number of hydrogen-bond donors (Lipinski definition) is 2. The summed E-state index contributed by atoms with van der Waals surface area (Å²) in [4.78, 5) is 10.6. The molecule has 9 heavy (non-hydrogen) atoms. The maximum absolute atomic E-state index is 10.6. The number of nitrogens with one attached hydrogen (secondary N) is 1. The minimum absolute atomic E-state index is 0.00463. The molecule has 3 rings (SSSR count). The first-order valence-corrected chi connectivity index (χ1v) is 3.33. The predicted molar refractivity (Wildman–Crippen MR) is 32.6 cm³/mol. The van der Waals surface area contributed by atoms with Crippen molar-refractivity contribution in [1.82, 2.24) is 5.32 Å². The van der Waals surface area contributed by atoms with Crippen molar-refractivity contribution in [3.63, 3.8) is 0 Å². The van der Waals surface area contributed by atoms with Crippen molar-refractivity contribution in [1.29, 1.82) is 0 Å². The molecule has 3 aliphatic rings. The number of primary amides is 1. The highest BCUT2D eigenvalue weighted by atomic mass is 16.1. The largest absolute Gasteiger partial charge is 0.368 e. The van der Waals surface area contributed by atoms with Gasteiger partial charge in [-0.1, -0.05) is 0 Å². The second-order valence-corrected chi connectivity index (χ2v) is 2.98. The Morgan fingerprint density at radius 1 is 1.56 bits per heavy atom. The lowest BCUT2D eigenvalue weighted by Crippen LogP contribution is -2.36. The van der Waals surface area contributed by atoms with E-state index < -0.39 is 0 Å². The van der Waals surface area contributed by atoms with E-state index in [2.05, 4.69) is 5.32 Å². The van der Waals surface area contributed by atoms with Crippen LogP contribution in [0.5, 0.6) is 0 Å². The van der Waals surface area contributed by atoms with Crippen molar-refractivity contribution in [2.45, 2.75) is 24.9 Å². The van der Waals surface area contributed by atoms with E-state index in [9.17, 15) is 4.79 Å². The maximum atomic E-state index is 10.6. The van der Waals surface area contributed by atoms with Crippen LogP contribution in [0.2, 0.25) is 0 Å². The average Bonchev–Trinajstić information content (AvgIpc) is 2.12. The summed E-state index contributed by atoms with van der Waals surface area (Å²) in [5, 5.41) is 3.15. The lowest BCUT2D eigenvalue weighted by Gasteiger charge is -2.21. The molecule has 1 aliphatic carbocycles. The summed E-state index contributed by atoms with van der Waals surface area (Å²) in [6.07, 6.45) is 2.32. The van der Waals surface area contributed by atoms with Crippen molar-refractivity contribution in [2.24, 2.45) is 11.7 Å². The standard InChI is InChI=1S/C6H10N2O/c7-6(9)5-3-1-4(2-3)8-5/h3-5,8H,1-2H2,(H2,7,9). The fourth-order valence-corrected chi connectivity index (χ4v) is 1.77. The normalized spacial score (nSPS) is 46.4. The van der Waals surface area contributed by atoms with Gasteiger partial charge in [0.05, 0.1) is 6.04 Å². The highest BCUT2D eigenvalue weighted by molar-refractivity contribution is 5.81. The van der Waals surface area contributed by atoms with Crippen LogP contribution in [0.25, 0.3) is 0 Å². The van der Waals surface area contributed by atoms with Gasteiger partial charge in [-0.3, -0.25) is 4.79 Å². The number of carbonyl (C=O) groups is 1. The first kappa shape index (κ1) is 5.23. The van der Waals surface area contributed by atoms with Crippen LogP contribution >= 0.6 is 0 Å². The molecule has 3 nitrogen and oxygen atoms in total. The van der Waals surface area contributed by atoms with E-state index in [0.29, 0.717) is 12.0 Å². The van der Waals surface area contributed by atoms with E-state index in [1.54, 1.807) is 0 Å². The van der Waals surface area contributed by atoms with Gasteiger partial charge in [-0.25, -0.2) is 0 Å². The van der Waals surface area contributed by atoms with Gasteiger partial charge in [0.25, 0.3) is 0 Å². The topological polar surface area (TPSA) is 55.1 Å². The zero-order chi connectivity index (χ0) is 6.43. The quantitative estimate of drug-likeness (QED) is 0.484. The van der Waals surface area contributed by atoms with E-state index in [1.807, 2.05) is 0 Å². The number of nitrogens with two attached hydrogens (primary N) is 1. The number of rotatable bonds is 1. The Bertz CT molecular complexity index is 151. The Labute approximate surface area is 53.6 Å². The molecule has 0 aromatic rings. The molecule has 0 spiro atoms. The van der Waals surface area contributed by atoms with E-state index in [-0.39, 0.29) is 11.9 Å². The predicted octanol–water partition coefficient (Wildman–Crippen LogP) is -0.778. The van der Waals surface area contributed by atoms with Crippen molar-refractivity contribution < 1.29 is 4.79 Å². The third-order valence-electron chi connectivity index (χ3n) is 2.37. The summed E-state index contributed by atoms with van der Waals surface area (Å²) < 4.78 is 0. The molecule has 1 amide bonds. The molecular weight excluding hydrogens is 116 g/mol. The fraction of sp³-hybridized carbons (Fsp3) is 0.833. The number of hydrogen-bond acceptors (Lipinski definition) is 2. The van der Waals surface area contributed by atoms with Gasteiger partial charge in [0.15, 0.2) is 0 Å². The SMILES string of the molecule is NC(=O)C1NC2CC1C2. The summed E-state index contributed by atoms with van der Waals surface area (Å²) >= 11 is 0. The second kappa shape index (κ2) is 1.48. The lowest BCUT2D eigenvalue weighted by molar-refractivity contribution is -0.120. The first-order valence-electron chi connectivity index (χ1n) is 3.33. The van der Waals surface area contributed by atoms with Crippen LogP contribution in [0, 0.1) is 5.92 Å². The summed E-state index contributed by atoms with van der Waals surface area (Å²) in [6, 6.07) is 0.600. The molecule has 3 heteroatoms. The molecule has 2 aliphatic heterocycles. The third-order valence-corrected chi connectivity index (χ3v) is 2.37. The molecule has 3 N–H and O–H groups in total. The van der Waals surface area contributed by atoms with Crippen molar-refractivity contribution in [3.05, 3.63) is 0 Å². The number of amides is 1. The highest BCUT2D eigenvalue weighted by Crippen LogP contribution is 2.37. The first-order chi connectivity index (χ1) is 4.27. The molecule has 50 valence electrons. The van der Waals surface area contributed by atoms with Gasteiger partial charge >= 0.3 is 0 Å². The molecule has 1 saturated carbocycles. The van der Waals surface area contributed by atoms with Crippen LogP contribution < -0.4 is 11.1 Å². The van der Waals surface area contributed by atoms with Gasteiger partial charge in [0, 0.05) is 6.04 Å². The number of carbonyl (C=O) groups excluding carboxylic acids is 1. The Morgan fingerprint density at radius 3 is 2.44 bits per heavy atom. The average molecular weight is 126 g/mol. The van der Waals surface area contributed by atoms with E-state index in [1.165, 1.54) is 0 Å². The summed E-state index contributed by atoms with van der Waals surface area (Å²) in [7, 11) is 0. The van der Waals surface area contributed by atoms with Crippen molar-refractivity contribution >= 4 is 5.91 Å². The molecule has 0 aromatic heterocycles. The minimum Gasteiger partial charge on any atom is -0.368 e. The molecular formula is C6H10N2O.